The van der Waals surface area contributed by atoms with Gasteiger partial charge in [0.2, 0.25) is 0 Å². The first-order valence-electron chi connectivity index (χ1n) is 16.4. The van der Waals surface area contributed by atoms with Gasteiger partial charge in [0.05, 0.1) is 17.2 Å². The van der Waals surface area contributed by atoms with Crippen LogP contribution in [0.2, 0.25) is 0 Å². The molecule has 3 aromatic carbocycles. The van der Waals surface area contributed by atoms with Crippen LogP contribution in [0.4, 0.5) is 0 Å². The summed E-state index contributed by atoms with van der Waals surface area (Å²) in [5, 5.41) is 0. The molecule has 3 rings (SSSR count). The molecule has 0 bridgehead atoms. The lowest BCUT2D eigenvalue weighted by Crippen LogP contribution is -2.15. The molecule has 0 aromatic heterocycles. The smallest absolute Gasteiger partial charge is 0.343 e. The molecule has 0 heterocycles. The van der Waals surface area contributed by atoms with Crippen LogP contribution in [0.15, 0.2) is 77.7 Å². The van der Waals surface area contributed by atoms with Crippen molar-refractivity contribution in [3.63, 3.8) is 0 Å². The lowest BCUT2D eigenvalue weighted by Gasteiger charge is -2.13. The molecule has 4 nitrogen and oxygen atoms in total. The Morgan fingerprint density at radius 3 is 1.70 bits per heavy atom. The second kappa shape index (κ2) is 20.0. The van der Waals surface area contributed by atoms with E-state index >= 15 is 0 Å². The maximum Gasteiger partial charge on any atom is 0.343 e. The molecule has 0 aliphatic carbocycles. The van der Waals surface area contributed by atoms with Gasteiger partial charge in [0.15, 0.2) is 0 Å². The number of thioether (sulfide) groups is 1. The number of hydrogen-bond acceptors (Lipinski definition) is 5. The molecule has 0 amide bonds. The summed E-state index contributed by atoms with van der Waals surface area (Å²) in [5.74, 6) is 0.952. The number of rotatable bonds is 20. The quantitative estimate of drug-likeness (QED) is 0.0557. The standard InChI is InChI=1S/C38H50O4S/c1-4-6-8-10-11-12-13-15-29-43-36-27-23-34(24-28-36)38(40)42-35-25-21-32(22-26-35)31-17-19-33(20-18-31)37(39)41-30(3)16-14-9-7-5-2/h17-28,30H,4-16,29H2,1-3H3/t30-/m0/s1. The van der Waals surface area contributed by atoms with Gasteiger partial charge in [-0.3, -0.25) is 0 Å². The minimum Gasteiger partial charge on any atom is -0.459 e. The maximum absolute atomic E-state index is 12.7. The van der Waals surface area contributed by atoms with Crippen LogP contribution in [-0.2, 0) is 4.74 Å². The summed E-state index contributed by atoms with van der Waals surface area (Å²) in [4.78, 5) is 26.4. The highest BCUT2D eigenvalue weighted by Gasteiger charge is 2.13. The van der Waals surface area contributed by atoms with Crippen LogP contribution in [0, 0.1) is 0 Å². The van der Waals surface area contributed by atoms with Gasteiger partial charge in [-0.15, -0.1) is 11.8 Å². The number of hydrogen-bond donors (Lipinski definition) is 0. The zero-order valence-corrected chi connectivity index (χ0v) is 27.3. The third kappa shape index (κ3) is 13.0. The van der Waals surface area contributed by atoms with E-state index in [-0.39, 0.29) is 18.0 Å². The van der Waals surface area contributed by atoms with Crippen molar-refractivity contribution in [2.24, 2.45) is 0 Å². The fourth-order valence-electron chi connectivity index (χ4n) is 4.96. The van der Waals surface area contributed by atoms with E-state index in [1.165, 1.54) is 75.5 Å². The first-order valence-corrected chi connectivity index (χ1v) is 17.3. The average molecular weight is 603 g/mol. The Morgan fingerprint density at radius 2 is 1.09 bits per heavy atom. The molecule has 0 radical (unpaired) electrons. The Hall–Kier alpha value is -3.05. The highest BCUT2D eigenvalue weighted by atomic mass is 32.2. The Kier molecular flexibility index (Phi) is 16.0. The molecule has 0 N–H and O–H groups in total. The molecular formula is C38H50O4S. The summed E-state index contributed by atoms with van der Waals surface area (Å²) in [6.45, 7) is 6.40. The van der Waals surface area contributed by atoms with E-state index in [0.717, 1.165) is 29.7 Å². The maximum atomic E-state index is 12.7. The number of unbranched alkanes of at least 4 members (excludes halogenated alkanes) is 10. The number of carbonyl (C=O) groups is 2. The minimum absolute atomic E-state index is 0.0827. The molecule has 0 spiro atoms. The first-order chi connectivity index (χ1) is 21.0. The topological polar surface area (TPSA) is 52.6 Å². The largest absolute Gasteiger partial charge is 0.459 e. The predicted molar refractivity (Wildman–Crippen MR) is 180 cm³/mol. The van der Waals surface area contributed by atoms with Crippen molar-refractivity contribution in [2.45, 2.75) is 115 Å². The van der Waals surface area contributed by atoms with Gasteiger partial charge >= 0.3 is 11.9 Å². The summed E-state index contributed by atoms with van der Waals surface area (Å²) >= 11 is 1.85. The number of ether oxygens (including phenoxy) is 2. The normalized spacial score (nSPS) is 11.7. The molecular weight excluding hydrogens is 552 g/mol. The monoisotopic (exact) mass is 602 g/mol. The van der Waals surface area contributed by atoms with Gasteiger partial charge in [-0.1, -0.05) is 102 Å². The summed E-state index contributed by atoms with van der Waals surface area (Å²) in [5.41, 5.74) is 3.04. The van der Waals surface area contributed by atoms with Gasteiger partial charge in [0.1, 0.15) is 5.75 Å². The van der Waals surface area contributed by atoms with Crippen LogP contribution in [0.3, 0.4) is 0 Å². The van der Waals surface area contributed by atoms with Crippen LogP contribution < -0.4 is 4.74 Å². The molecule has 3 aromatic rings. The van der Waals surface area contributed by atoms with Gasteiger partial charge in [-0.2, -0.15) is 0 Å². The molecule has 232 valence electrons. The minimum atomic E-state index is -0.366. The van der Waals surface area contributed by atoms with E-state index < -0.39 is 0 Å². The van der Waals surface area contributed by atoms with Crippen molar-refractivity contribution in [3.8, 4) is 16.9 Å². The van der Waals surface area contributed by atoms with Crippen LogP contribution in [0.5, 0.6) is 5.75 Å². The van der Waals surface area contributed by atoms with Crippen LogP contribution in [0.1, 0.15) is 125 Å². The second-order valence-corrected chi connectivity index (χ2v) is 12.6. The van der Waals surface area contributed by atoms with Gasteiger partial charge in [-0.25, -0.2) is 9.59 Å². The summed E-state index contributed by atoms with van der Waals surface area (Å²) in [7, 11) is 0. The van der Waals surface area contributed by atoms with E-state index in [0.29, 0.717) is 16.9 Å². The van der Waals surface area contributed by atoms with Crippen molar-refractivity contribution >= 4 is 23.7 Å². The van der Waals surface area contributed by atoms with Crippen molar-refractivity contribution in [1.82, 2.24) is 0 Å². The van der Waals surface area contributed by atoms with Crippen molar-refractivity contribution in [1.29, 1.82) is 0 Å². The zero-order valence-electron chi connectivity index (χ0n) is 26.4. The molecule has 5 heteroatoms. The second-order valence-electron chi connectivity index (χ2n) is 11.4. The first kappa shape index (κ1) is 34.4. The molecule has 0 unspecified atom stereocenters. The van der Waals surface area contributed by atoms with E-state index in [4.69, 9.17) is 9.47 Å². The van der Waals surface area contributed by atoms with Gasteiger partial charge in [0.25, 0.3) is 0 Å². The number of benzene rings is 3. The zero-order chi connectivity index (χ0) is 30.7. The van der Waals surface area contributed by atoms with Gasteiger partial charge in [-0.05, 0) is 91.6 Å². The Morgan fingerprint density at radius 1 is 0.605 bits per heavy atom. The summed E-state index contributed by atoms with van der Waals surface area (Å²) in [6.07, 6.45) is 16.1. The Balaban J connectivity index is 1.40. The lowest BCUT2D eigenvalue weighted by atomic mass is 10.0. The van der Waals surface area contributed by atoms with Gasteiger partial charge < -0.3 is 9.47 Å². The third-order valence-corrected chi connectivity index (χ3v) is 8.75. The van der Waals surface area contributed by atoms with Gasteiger partial charge in [0, 0.05) is 4.90 Å². The fraction of sp³-hybridized carbons (Fsp3) is 0.474. The molecule has 1 atom stereocenters. The molecule has 0 aliphatic heterocycles. The summed E-state index contributed by atoms with van der Waals surface area (Å²) < 4.78 is 11.2. The van der Waals surface area contributed by atoms with E-state index in [2.05, 4.69) is 13.8 Å². The van der Waals surface area contributed by atoms with E-state index in [1.54, 1.807) is 24.3 Å². The van der Waals surface area contributed by atoms with Crippen molar-refractivity contribution < 1.29 is 19.1 Å². The van der Waals surface area contributed by atoms with E-state index in [1.807, 2.05) is 67.2 Å². The van der Waals surface area contributed by atoms with Crippen LogP contribution in [-0.4, -0.2) is 23.8 Å². The third-order valence-electron chi connectivity index (χ3n) is 7.65. The molecule has 0 fully saturated rings. The Bertz CT molecular complexity index is 1200. The van der Waals surface area contributed by atoms with Crippen LogP contribution in [0.25, 0.3) is 11.1 Å². The molecule has 0 saturated heterocycles. The fourth-order valence-corrected chi connectivity index (χ4v) is 5.87. The lowest BCUT2D eigenvalue weighted by molar-refractivity contribution is 0.0319. The van der Waals surface area contributed by atoms with Crippen molar-refractivity contribution in [3.05, 3.63) is 83.9 Å². The number of esters is 2. The van der Waals surface area contributed by atoms with Crippen molar-refractivity contribution in [2.75, 3.05) is 5.75 Å². The number of carbonyl (C=O) groups excluding carboxylic acids is 2. The average Bonchev–Trinajstić information content (AvgIpc) is 3.03. The molecule has 0 aliphatic rings. The van der Waals surface area contributed by atoms with Crippen LogP contribution >= 0.6 is 11.8 Å². The highest BCUT2D eigenvalue weighted by molar-refractivity contribution is 7.99. The highest BCUT2D eigenvalue weighted by Crippen LogP contribution is 2.25. The molecule has 0 saturated carbocycles. The Labute approximate surface area is 264 Å². The SMILES string of the molecule is CCCCCCCCCCSc1ccc(C(=O)Oc2ccc(-c3ccc(C(=O)O[C@@H](C)CCCCCC)cc3)cc2)cc1. The summed E-state index contributed by atoms with van der Waals surface area (Å²) in [6, 6.07) is 22.5. The predicted octanol–water partition coefficient (Wildman–Crippen LogP) is 11.3. The van der Waals surface area contributed by atoms with E-state index in [9.17, 15) is 9.59 Å². The molecule has 43 heavy (non-hydrogen) atoms.